The van der Waals surface area contributed by atoms with E-state index in [1.165, 1.54) is 0 Å². The van der Waals surface area contributed by atoms with Gasteiger partial charge in [0, 0.05) is 6.54 Å². The van der Waals surface area contributed by atoms with Crippen LogP contribution >= 0.6 is 0 Å². The third-order valence-electron chi connectivity index (χ3n) is 2.72. The largest absolute Gasteiger partial charge is 0.508 e. The number of carbonyl (C=O) groups excluding carboxylic acids is 1. The average molecular weight is 221 g/mol. The molecule has 86 valence electrons. The molecule has 1 aromatic carbocycles. The maximum Gasteiger partial charge on any atom is 0.323 e. The molecule has 4 heteroatoms. The van der Waals surface area contributed by atoms with Gasteiger partial charge in [-0.25, -0.2) is 0 Å². The van der Waals surface area contributed by atoms with Crippen molar-refractivity contribution in [2.45, 2.75) is 25.9 Å². The summed E-state index contributed by atoms with van der Waals surface area (Å²) < 4.78 is 4.96. The summed E-state index contributed by atoms with van der Waals surface area (Å²) in [5.41, 5.74) is 2.13. The summed E-state index contributed by atoms with van der Waals surface area (Å²) in [6, 6.07) is 4.95. The van der Waals surface area contributed by atoms with Gasteiger partial charge in [0.25, 0.3) is 0 Å². The highest BCUT2D eigenvalue weighted by Gasteiger charge is 2.25. The van der Waals surface area contributed by atoms with E-state index in [0.29, 0.717) is 19.6 Å². The number of fused-ring (bicyclic) bond motifs is 1. The van der Waals surface area contributed by atoms with Crippen LogP contribution < -0.4 is 5.32 Å². The molecule has 4 nitrogen and oxygen atoms in total. The first-order valence-electron chi connectivity index (χ1n) is 5.41. The number of carbonyl (C=O) groups is 1. The highest BCUT2D eigenvalue weighted by atomic mass is 16.5. The summed E-state index contributed by atoms with van der Waals surface area (Å²) in [6.07, 6.45) is 0.572. The summed E-state index contributed by atoms with van der Waals surface area (Å²) in [4.78, 5) is 11.5. The van der Waals surface area contributed by atoms with Gasteiger partial charge in [0.1, 0.15) is 11.8 Å². The van der Waals surface area contributed by atoms with Crippen molar-refractivity contribution >= 4 is 5.97 Å². The van der Waals surface area contributed by atoms with Crippen molar-refractivity contribution in [2.75, 3.05) is 6.61 Å². The topological polar surface area (TPSA) is 58.6 Å². The minimum Gasteiger partial charge on any atom is -0.508 e. The monoisotopic (exact) mass is 221 g/mol. The Hall–Kier alpha value is -1.55. The molecule has 1 atom stereocenters. The fraction of sp³-hybridized carbons (Fsp3) is 0.417. The van der Waals surface area contributed by atoms with Gasteiger partial charge in [-0.3, -0.25) is 4.79 Å². The second-order valence-electron chi connectivity index (χ2n) is 3.84. The lowest BCUT2D eigenvalue weighted by molar-refractivity contribution is -0.145. The van der Waals surface area contributed by atoms with Crippen LogP contribution in [0.15, 0.2) is 18.2 Å². The molecule has 0 amide bonds. The molecular formula is C12H15NO3. The second-order valence-corrected chi connectivity index (χ2v) is 3.84. The van der Waals surface area contributed by atoms with Crippen molar-refractivity contribution < 1.29 is 14.6 Å². The van der Waals surface area contributed by atoms with Gasteiger partial charge >= 0.3 is 5.97 Å². The predicted octanol–water partition coefficient (Wildman–Crippen LogP) is 0.970. The van der Waals surface area contributed by atoms with Crippen molar-refractivity contribution in [3.8, 4) is 5.75 Å². The second kappa shape index (κ2) is 4.53. The van der Waals surface area contributed by atoms with Gasteiger partial charge in [0.15, 0.2) is 0 Å². The molecule has 0 bridgehead atoms. The summed E-state index contributed by atoms with van der Waals surface area (Å²) in [6.45, 7) is 2.82. The van der Waals surface area contributed by atoms with Crippen LogP contribution in [0.25, 0.3) is 0 Å². The SMILES string of the molecule is CCOC(=O)C1Cc2cc(O)ccc2CN1. The van der Waals surface area contributed by atoms with Crippen LogP contribution in [0.2, 0.25) is 0 Å². The number of hydrogen-bond donors (Lipinski definition) is 2. The number of hydrogen-bond acceptors (Lipinski definition) is 4. The third-order valence-corrected chi connectivity index (χ3v) is 2.72. The maximum absolute atomic E-state index is 11.5. The van der Waals surface area contributed by atoms with Crippen molar-refractivity contribution in [1.82, 2.24) is 5.32 Å². The Kier molecular flexibility index (Phi) is 3.10. The van der Waals surface area contributed by atoms with Crippen LogP contribution in [0, 0.1) is 0 Å². The van der Waals surface area contributed by atoms with Gasteiger partial charge in [-0.15, -0.1) is 0 Å². The Balaban J connectivity index is 2.13. The van der Waals surface area contributed by atoms with E-state index >= 15 is 0 Å². The van der Waals surface area contributed by atoms with Gasteiger partial charge in [-0.05, 0) is 36.6 Å². The number of phenolic OH excluding ortho intramolecular Hbond substituents is 1. The van der Waals surface area contributed by atoms with Gasteiger partial charge in [0.05, 0.1) is 6.61 Å². The van der Waals surface area contributed by atoms with E-state index in [2.05, 4.69) is 5.32 Å². The lowest BCUT2D eigenvalue weighted by Gasteiger charge is -2.24. The Morgan fingerprint density at radius 2 is 2.38 bits per heavy atom. The van der Waals surface area contributed by atoms with E-state index in [1.807, 2.05) is 6.07 Å². The Morgan fingerprint density at radius 1 is 1.56 bits per heavy atom. The van der Waals surface area contributed by atoms with Crippen molar-refractivity contribution in [2.24, 2.45) is 0 Å². The molecule has 1 aliphatic rings. The predicted molar refractivity (Wildman–Crippen MR) is 59.1 cm³/mol. The number of benzene rings is 1. The average Bonchev–Trinajstić information content (AvgIpc) is 2.28. The number of aromatic hydroxyl groups is 1. The molecule has 0 saturated carbocycles. The van der Waals surface area contributed by atoms with Crippen molar-refractivity contribution in [1.29, 1.82) is 0 Å². The van der Waals surface area contributed by atoms with E-state index in [-0.39, 0.29) is 17.8 Å². The standard InChI is InChI=1S/C12H15NO3/c1-2-16-12(15)11-6-9-5-10(14)4-3-8(9)7-13-11/h3-5,11,13-14H,2,6-7H2,1H3. The van der Waals surface area contributed by atoms with Gasteiger partial charge < -0.3 is 15.2 Å². The lowest BCUT2D eigenvalue weighted by Crippen LogP contribution is -2.42. The summed E-state index contributed by atoms with van der Waals surface area (Å²) in [5.74, 6) is 0.0137. The molecular weight excluding hydrogens is 206 g/mol. The smallest absolute Gasteiger partial charge is 0.323 e. The molecule has 0 radical (unpaired) electrons. The molecule has 2 rings (SSSR count). The van der Waals surface area contributed by atoms with E-state index in [4.69, 9.17) is 4.74 Å². The molecule has 0 fully saturated rings. The maximum atomic E-state index is 11.5. The number of esters is 1. The molecule has 0 saturated heterocycles. The molecule has 1 unspecified atom stereocenters. The normalized spacial score (nSPS) is 18.9. The number of nitrogens with one attached hydrogen (secondary N) is 1. The molecule has 0 spiro atoms. The van der Waals surface area contributed by atoms with E-state index in [9.17, 15) is 9.90 Å². The Labute approximate surface area is 94.2 Å². The summed E-state index contributed by atoms with van der Waals surface area (Å²) in [5, 5.41) is 12.5. The molecule has 0 aliphatic carbocycles. The fourth-order valence-corrected chi connectivity index (χ4v) is 1.91. The molecule has 1 heterocycles. The highest BCUT2D eigenvalue weighted by Crippen LogP contribution is 2.21. The van der Waals surface area contributed by atoms with E-state index in [0.717, 1.165) is 11.1 Å². The summed E-state index contributed by atoms with van der Waals surface area (Å²) >= 11 is 0. The highest BCUT2D eigenvalue weighted by molar-refractivity contribution is 5.76. The van der Waals surface area contributed by atoms with Gasteiger partial charge in [-0.2, -0.15) is 0 Å². The van der Waals surface area contributed by atoms with E-state index in [1.54, 1.807) is 19.1 Å². The minimum absolute atomic E-state index is 0.225. The Bertz CT molecular complexity index is 403. The molecule has 0 aromatic heterocycles. The zero-order valence-electron chi connectivity index (χ0n) is 9.19. The molecule has 1 aliphatic heterocycles. The first-order valence-corrected chi connectivity index (χ1v) is 5.41. The lowest BCUT2D eigenvalue weighted by atomic mass is 9.95. The van der Waals surface area contributed by atoms with E-state index < -0.39 is 0 Å². The van der Waals surface area contributed by atoms with Crippen LogP contribution in [-0.2, 0) is 22.5 Å². The molecule has 16 heavy (non-hydrogen) atoms. The third kappa shape index (κ3) is 2.17. The van der Waals surface area contributed by atoms with Crippen LogP contribution in [-0.4, -0.2) is 23.7 Å². The van der Waals surface area contributed by atoms with Crippen LogP contribution in [0.5, 0.6) is 5.75 Å². The first-order chi connectivity index (χ1) is 7.70. The van der Waals surface area contributed by atoms with Crippen molar-refractivity contribution in [3.63, 3.8) is 0 Å². The number of rotatable bonds is 2. The zero-order valence-corrected chi connectivity index (χ0v) is 9.19. The van der Waals surface area contributed by atoms with Gasteiger partial charge in [0.2, 0.25) is 0 Å². The van der Waals surface area contributed by atoms with Gasteiger partial charge in [-0.1, -0.05) is 6.07 Å². The number of ether oxygens (including phenoxy) is 1. The van der Waals surface area contributed by atoms with Crippen LogP contribution in [0.3, 0.4) is 0 Å². The van der Waals surface area contributed by atoms with Crippen molar-refractivity contribution in [3.05, 3.63) is 29.3 Å². The molecule has 2 N–H and O–H groups in total. The Morgan fingerprint density at radius 3 is 3.12 bits per heavy atom. The summed E-state index contributed by atoms with van der Waals surface area (Å²) in [7, 11) is 0. The zero-order chi connectivity index (χ0) is 11.5. The molecule has 1 aromatic rings. The fourth-order valence-electron chi connectivity index (χ4n) is 1.91. The number of phenols is 1. The first kappa shape index (κ1) is 11.0. The van der Waals surface area contributed by atoms with Crippen LogP contribution in [0.4, 0.5) is 0 Å². The quantitative estimate of drug-likeness (QED) is 0.731. The minimum atomic E-state index is -0.297. The van der Waals surface area contributed by atoms with Crippen LogP contribution in [0.1, 0.15) is 18.1 Å².